The molecule has 0 amide bonds. The van der Waals surface area contributed by atoms with E-state index in [-0.39, 0.29) is 17.0 Å². The van der Waals surface area contributed by atoms with Crippen LogP contribution in [0.5, 0.6) is 0 Å². The zero-order chi connectivity index (χ0) is 14.0. The number of hydrogen-bond donors (Lipinski definition) is 1. The minimum atomic E-state index is -0.227. The summed E-state index contributed by atoms with van der Waals surface area (Å²) in [6.45, 7) is 10.4. The predicted octanol–water partition coefficient (Wildman–Crippen LogP) is 1.96. The number of aromatic nitrogens is 3. The Bertz CT molecular complexity index is 454. The van der Waals surface area contributed by atoms with Crippen molar-refractivity contribution in [3.8, 4) is 0 Å². The Balaban J connectivity index is 2.25. The molecule has 0 spiro atoms. The number of halogens is 1. The highest BCUT2D eigenvalue weighted by atomic mass is 35.5. The standard InChI is InChI=1S/C12H20ClN5O/c1-5-14-10-15-9(13)16-11(17-10)18-6-8(2)19-12(3,4)7-18/h8H,5-7H2,1-4H3,(H,14,15,16,17). The fourth-order valence-corrected chi connectivity index (χ4v) is 2.48. The van der Waals surface area contributed by atoms with Crippen LogP contribution in [0.15, 0.2) is 0 Å². The maximum atomic E-state index is 5.95. The molecule has 0 saturated carbocycles. The van der Waals surface area contributed by atoms with Crippen molar-refractivity contribution in [2.75, 3.05) is 29.9 Å². The van der Waals surface area contributed by atoms with Crippen molar-refractivity contribution in [2.45, 2.75) is 39.4 Å². The first-order chi connectivity index (χ1) is 8.89. The fourth-order valence-electron chi connectivity index (χ4n) is 2.32. The van der Waals surface area contributed by atoms with Gasteiger partial charge in [-0.05, 0) is 39.3 Å². The average molecular weight is 286 g/mol. The zero-order valence-electron chi connectivity index (χ0n) is 11.8. The lowest BCUT2D eigenvalue weighted by atomic mass is 10.1. The molecule has 1 aromatic heterocycles. The molecule has 0 aliphatic carbocycles. The van der Waals surface area contributed by atoms with Crippen molar-refractivity contribution in [1.29, 1.82) is 0 Å². The molecule has 0 radical (unpaired) electrons. The zero-order valence-corrected chi connectivity index (χ0v) is 12.5. The number of rotatable bonds is 3. The van der Waals surface area contributed by atoms with Gasteiger partial charge in [-0.3, -0.25) is 0 Å². The molecule has 1 aliphatic heterocycles. The van der Waals surface area contributed by atoms with Crippen molar-refractivity contribution in [3.63, 3.8) is 0 Å². The van der Waals surface area contributed by atoms with Gasteiger partial charge in [0.25, 0.3) is 0 Å². The van der Waals surface area contributed by atoms with Gasteiger partial charge in [0.1, 0.15) is 0 Å². The Morgan fingerprint density at radius 1 is 1.42 bits per heavy atom. The first-order valence-electron chi connectivity index (χ1n) is 6.48. The molecular weight excluding hydrogens is 266 g/mol. The molecule has 0 aromatic carbocycles. The van der Waals surface area contributed by atoms with Crippen LogP contribution in [0.1, 0.15) is 27.7 Å². The third kappa shape index (κ3) is 3.67. The Labute approximate surface area is 118 Å². The van der Waals surface area contributed by atoms with Crippen molar-refractivity contribution < 1.29 is 4.74 Å². The monoisotopic (exact) mass is 285 g/mol. The number of anilines is 2. The van der Waals surface area contributed by atoms with Crippen LogP contribution in [-0.4, -0.2) is 46.3 Å². The molecule has 2 rings (SSSR count). The predicted molar refractivity (Wildman–Crippen MR) is 75.8 cm³/mol. The summed E-state index contributed by atoms with van der Waals surface area (Å²) >= 11 is 5.95. The van der Waals surface area contributed by atoms with E-state index in [1.807, 2.05) is 13.8 Å². The third-order valence-electron chi connectivity index (χ3n) is 2.78. The lowest BCUT2D eigenvalue weighted by molar-refractivity contribution is -0.0753. The average Bonchev–Trinajstić information content (AvgIpc) is 2.25. The highest BCUT2D eigenvalue weighted by Gasteiger charge is 2.32. The van der Waals surface area contributed by atoms with Crippen LogP contribution in [0.2, 0.25) is 5.28 Å². The summed E-state index contributed by atoms with van der Waals surface area (Å²) < 4.78 is 5.87. The molecule has 1 fully saturated rings. The Kier molecular flexibility index (Phi) is 4.10. The summed E-state index contributed by atoms with van der Waals surface area (Å²) in [7, 11) is 0. The van der Waals surface area contributed by atoms with Gasteiger partial charge in [-0.2, -0.15) is 15.0 Å². The van der Waals surface area contributed by atoms with E-state index in [2.05, 4.69) is 39.0 Å². The van der Waals surface area contributed by atoms with E-state index in [0.717, 1.165) is 19.6 Å². The lowest BCUT2D eigenvalue weighted by Gasteiger charge is -2.41. The molecule has 1 N–H and O–H groups in total. The van der Waals surface area contributed by atoms with E-state index < -0.39 is 0 Å². The fraction of sp³-hybridized carbons (Fsp3) is 0.750. The summed E-state index contributed by atoms with van der Waals surface area (Å²) in [6.07, 6.45) is 0.127. The molecule has 1 aromatic rings. The Morgan fingerprint density at radius 2 is 2.16 bits per heavy atom. The van der Waals surface area contributed by atoms with Crippen LogP contribution in [0.4, 0.5) is 11.9 Å². The highest BCUT2D eigenvalue weighted by Crippen LogP contribution is 2.24. The first kappa shape index (κ1) is 14.3. The van der Waals surface area contributed by atoms with Gasteiger partial charge in [0.2, 0.25) is 17.2 Å². The van der Waals surface area contributed by atoms with E-state index in [1.54, 1.807) is 0 Å². The van der Waals surface area contributed by atoms with E-state index in [4.69, 9.17) is 16.3 Å². The van der Waals surface area contributed by atoms with Gasteiger partial charge in [0, 0.05) is 19.6 Å². The van der Waals surface area contributed by atoms with Gasteiger partial charge in [0.05, 0.1) is 11.7 Å². The van der Waals surface area contributed by atoms with Crippen molar-refractivity contribution in [3.05, 3.63) is 5.28 Å². The smallest absolute Gasteiger partial charge is 0.231 e. The van der Waals surface area contributed by atoms with Crippen molar-refractivity contribution in [2.24, 2.45) is 0 Å². The summed E-state index contributed by atoms with van der Waals surface area (Å²) in [6, 6.07) is 0. The van der Waals surface area contributed by atoms with Gasteiger partial charge in [0.15, 0.2) is 0 Å². The van der Waals surface area contributed by atoms with Crippen LogP contribution >= 0.6 is 11.6 Å². The second-order valence-electron chi connectivity index (χ2n) is 5.33. The van der Waals surface area contributed by atoms with Crippen molar-refractivity contribution in [1.82, 2.24) is 15.0 Å². The molecule has 1 saturated heterocycles. The van der Waals surface area contributed by atoms with Crippen LogP contribution in [0.3, 0.4) is 0 Å². The van der Waals surface area contributed by atoms with Gasteiger partial charge in [-0.1, -0.05) is 0 Å². The van der Waals surface area contributed by atoms with Crippen molar-refractivity contribution >= 4 is 23.5 Å². The van der Waals surface area contributed by atoms with Crippen LogP contribution < -0.4 is 10.2 Å². The Morgan fingerprint density at radius 3 is 2.79 bits per heavy atom. The van der Waals surface area contributed by atoms with Crippen LogP contribution in [0, 0.1) is 0 Å². The number of nitrogens with zero attached hydrogens (tertiary/aromatic N) is 4. The number of morpholine rings is 1. The van der Waals surface area contributed by atoms with E-state index in [0.29, 0.717) is 11.9 Å². The molecule has 1 unspecified atom stereocenters. The van der Waals surface area contributed by atoms with E-state index in [1.165, 1.54) is 0 Å². The van der Waals surface area contributed by atoms with Gasteiger partial charge in [-0.25, -0.2) is 0 Å². The minimum absolute atomic E-state index is 0.127. The normalized spacial score (nSPS) is 22.4. The molecule has 0 bridgehead atoms. The molecule has 2 heterocycles. The van der Waals surface area contributed by atoms with Gasteiger partial charge in [-0.15, -0.1) is 0 Å². The van der Waals surface area contributed by atoms with E-state index in [9.17, 15) is 0 Å². The third-order valence-corrected chi connectivity index (χ3v) is 2.95. The lowest BCUT2D eigenvalue weighted by Crippen LogP contribution is -2.52. The SMILES string of the molecule is CCNc1nc(Cl)nc(N2CC(C)OC(C)(C)C2)n1. The largest absolute Gasteiger partial charge is 0.369 e. The first-order valence-corrected chi connectivity index (χ1v) is 6.85. The van der Waals surface area contributed by atoms with Gasteiger partial charge >= 0.3 is 0 Å². The molecule has 106 valence electrons. The molecule has 19 heavy (non-hydrogen) atoms. The van der Waals surface area contributed by atoms with Crippen LogP contribution in [-0.2, 0) is 4.74 Å². The maximum absolute atomic E-state index is 5.95. The Hall–Kier alpha value is -1.14. The quantitative estimate of drug-likeness (QED) is 0.916. The molecule has 1 aliphatic rings. The van der Waals surface area contributed by atoms with Crippen LogP contribution in [0.25, 0.3) is 0 Å². The summed E-state index contributed by atoms with van der Waals surface area (Å²) in [5, 5.41) is 3.26. The second-order valence-corrected chi connectivity index (χ2v) is 5.67. The van der Waals surface area contributed by atoms with E-state index >= 15 is 0 Å². The molecule has 1 atom stereocenters. The number of ether oxygens (including phenoxy) is 1. The van der Waals surface area contributed by atoms with Gasteiger partial charge < -0.3 is 15.0 Å². The maximum Gasteiger partial charge on any atom is 0.231 e. The molecular formula is C12H20ClN5O. The number of hydrogen-bond acceptors (Lipinski definition) is 6. The topological polar surface area (TPSA) is 63.2 Å². The second kappa shape index (κ2) is 5.46. The summed E-state index contributed by atoms with van der Waals surface area (Å²) in [5.74, 6) is 1.11. The highest BCUT2D eigenvalue weighted by molar-refractivity contribution is 6.28. The minimum Gasteiger partial charge on any atom is -0.369 e. The number of nitrogens with one attached hydrogen (secondary N) is 1. The summed E-state index contributed by atoms with van der Waals surface area (Å²) in [4.78, 5) is 14.7. The molecule has 6 nitrogen and oxygen atoms in total. The molecule has 7 heteroatoms. The summed E-state index contributed by atoms with van der Waals surface area (Å²) in [5.41, 5.74) is -0.227.